The highest BCUT2D eigenvalue weighted by Gasteiger charge is 2.14. The van der Waals surface area contributed by atoms with E-state index < -0.39 is 0 Å². The van der Waals surface area contributed by atoms with Crippen LogP contribution < -0.4 is 11.1 Å². The molecule has 0 aromatic heterocycles. The summed E-state index contributed by atoms with van der Waals surface area (Å²) in [5.74, 6) is 0.520. The van der Waals surface area contributed by atoms with Gasteiger partial charge in [0.1, 0.15) is 0 Å². The largest absolute Gasteiger partial charge is 0.353 e. The van der Waals surface area contributed by atoms with E-state index in [9.17, 15) is 4.79 Å². The zero-order chi connectivity index (χ0) is 13.6. The van der Waals surface area contributed by atoms with E-state index in [4.69, 9.17) is 5.73 Å². The second-order valence-corrected chi connectivity index (χ2v) is 7.02. The Hall–Kier alpha value is -0.710. The number of carbonyl (C=O) groups excluding carboxylic acids is 1. The Kier molecular flexibility index (Phi) is 8.14. The molecule has 1 rings (SSSR count). The molecule has 108 valence electrons. The summed E-state index contributed by atoms with van der Waals surface area (Å²) < 4.78 is 0.110. The first-order chi connectivity index (χ1) is 8.38. The van der Waals surface area contributed by atoms with Crippen LogP contribution in [0.2, 0.25) is 0 Å². The van der Waals surface area contributed by atoms with Crippen molar-refractivity contribution in [3.05, 3.63) is 35.9 Å². The SMILES string of the molecule is CC(C)(C)SCC(=O)NCC(N)c1ccccc1.Cl. The van der Waals surface area contributed by atoms with Crippen molar-refractivity contribution in [3.8, 4) is 0 Å². The Morgan fingerprint density at radius 3 is 2.42 bits per heavy atom. The van der Waals surface area contributed by atoms with Crippen LogP contribution in [-0.4, -0.2) is 23.0 Å². The Bertz CT molecular complexity index is 379. The lowest BCUT2D eigenvalue weighted by atomic mass is 10.1. The number of halogens is 1. The minimum absolute atomic E-state index is 0. The third-order valence-corrected chi connectivity index (χ3v) is 3.66. The predicted molar refractivity (Wildman–Crippen MR) is 85.8 cm³/mol. The number of rotatable bonds is 5. The smallest absolute Gasteiger partial charge is 0.230 e. The maximum atomic E-state index is 11.6. The molecule has 1 amide bonds. The van der Waals surface area contributed by atoms with Gasteiger partial charge >= 0.3 is 0 Å². The van der Waals surface area contributed by atoms with Crippen LogP contribution in [0.1, 0.15) is 32.4 Å². The van der Waals surface area contributed by atoms with Gasteiger partial charge in [-0.1, -0.05) is 51.1 Å². The van der Waals surface area contributed by atoms with Crippen LogP contribution in [-0.2, 0) is 4.79 Å². The summed E-state index contributed by atoms with van der Waals surface area (Å²) in [5, 5.41) is 2.87. The number of carbonyl (C=O) groups is 1. The third kappa shape index (κ3) is 8.14. The molecule has 3 nitrogen and oxygen atoms in total. The number of nitrogens with one attached hydrogen (secondary N) is 1. The molecule has 0 radical (unpaired) electrons. The molecule has 5 heteroatoms. The summed E-state index contributed by atoms with van der Waals surface area (Å²) in [7, 11) is 0. The van der Waals surface area contributed by atoms with E-state index in [1.54, 1.807) is 11.8 Å². The van der Waals surface area contributed by atoms with Gasteiger partial charge in [-0.05, 0) is 5.56 Å². The van der Waals surface area contributed by atoms with E-state index >= 15 is 0 Å². The lowest BCUT2D eigenvalue weighted by Gasteiger charge is -2.18. The van der Waals surface area contributed by atoms with Crippen LogP contribution in [0.5, 0.6) is 0 Å². The molecule has 0 aliphatic carbocycles. The Balaban J connectivity index is 0.00000324. The number of thioether (sulfide) groups is 1. The molecule has 0 spiro atoms. The van der Waals surface area contributed by atoms with Crippen LogP contribution in [0.3, 0.4) is 0 Å². The molecule has 0 fully saturated rings. The summed E-state index contributed by atoms with van der Waals surface area (Å²) in [4.78, 5) is 11.6. The highest BCUT2D eigenvalue weighted by molar-refractivity contribution is 8.01. The average molecular weight is 303 g/mol. The highest BCUT2D eigenvalue weighted by atomic mass is 35.5. The minimum atomic E-state index is -0.144. The molecule has 1 unspecified atom stereocenters. The maximum Gasteiger partial charge on any atom is 0.230 e. The molecule has 0 bridgehead atoms. The lowest BCUT2D eigenvalue weighted by Crippen LogP contribution is -2.33. The Morgan fingerprint density at radius 2 is 1.89 bits per heavy atom. The summed E-state index contributed by atoms with van der Waals surface area (Å²) in [6.45, 7) is 6.77. The van der Waals surface area contributed by atoms with Gasteiger partial charge in [-0.2, -0.15) is 0 Å². The lowest BCUT2D eigenvalue weighted by molar-refractivity contribution is -0.118. The van der Waals surface area contributed by atoms with Crippen molar-refractivity contribution in [3.63, 3.8) is 0 Å². The van der Waals surface area contributed by atoms with Gasteiger partial charge in [0.2, 0.25) is 5.91 Å². The van der Waals surface area contributed by atoms with Gasteiger partial charge in [0.25, 0.3) is 0 Å². The molecule has 1 aromatic carbocycles. The van der Waals surface area contributed by atoms with Crippen LogP contribution in [0, 0.1) is 0 Å². The maximum absolute atomic E-state index is 11.6. The van der Waals surface area contributed by atoms with E-state index in [2.05, 4.69) is 26.1 Å². The van der Waals surface area contributed by atoms with Gasteiger partial charge in [-0.15, -0.1) is 24.2 Å². The first-order valence-electron chi connectivity index (χ1n) is 6.09. The quantitative estimate of drug-likeness (QED) is 0.879. The normalized spacial score (nSPS) is 12.4. The van der Waals surface area contributed by atoms with Crippen molar-refractivity contribution in [1.29, 1.82) is 0 Å². The average Bonchev–Trinajstić information content (AvgIpc) is 2.33. The Labute approximate surface area is 126 Å². The van der Waals surface area contributed by atoms with Crippen molar-refractivity contribution in [1.82, 2.24) is 5.32 Å². The molecule has 0 saturated heterocycles. The van der Waals surface area contributed by atoms with E-state index in [1.807, 2.05) is 30.3 Å². The van der Waals surface area contributed by atoms with E-state index in [-0.39, 0.29) is 29.1 Å². The number of amides is 1. The van der Waals surface area contributed by atoms with Crippen LogP contribution in [0.4, 0.5) is 0 Å². The monoisotopic (exact) mass is 302 g/mol. The number of hydrogen-bond donors (Lipinski definition) is 2. The van der Waals surface area contributed by atoms with Crippen molar-refractivity contribution < 1.29 is 4.79 Å². The first kappa shape index (κ1) is 18.3. The molecule has 19 heavy (non-hydrogen) atoms. The zero-order valence-corrected chi connectivity index (χ0v) is 13.3. The summed E-state index contributed by atoms with van der Waals surface area (Å²) in [6, 6.07) is 9.66. The summed E-state index contributed by atoms with van der Waals surface area (Å²) >= 11 is 1.64. The molecule has 1 atom stereocenters. The molecule has 3 N–H and O–H groups in total. The standard InChI is InChI=1S/C14H22N2OS.ClH/c1-14(2,3)18-10-13(17)16-9-12(15)11-7-5-4-6-8-11;/h4-8,12H,9-10,15H2,1-3H3,(H,16,17);1H. The van der Waals surface area contributed by atoms with Gasteiger partial charge in [0.05, 0.1) is 5.75 Å². The van der Waals surface area contributed by atoms with Crippen molar-refractivity contribution in [2.24, 2.45) is 5.73 Å². The molecule has 0 saturated carbocycles. The van der Waals surface area contributed by atoms with E-state index in [1.165, 1.54) is 0 Å². The fraction of sp³-hybridized carbons (Fsp3) is 0.500. The van der Waals surface area contributed by atoms with Gasteiger partial charge in [-0.25, -0.2) is 0 Å². The van der Waals surface area contributed by atoms with Gasteiger partial charge in [-0.3, -0.25) is 4.79 Å². The van der Waals surface area contributed by atoms with Crippen molar-refractivity contribution in [2.45, 2.75) is 31.6 Å². The summed E-state index contributed by atoms with van der Waals surface area (Å²) in [6.07, 6.45) is 0. The zero-order valence-electron chi connectivity index (χ0n) is 11.7. The number of benzene rings is 1. The van der Waals surface area contributed by atoms with Gasteiger partial charge < -0.3 is 11.1 Å². The fourth-order valence-electron chi connectivity index (χ4n) is 1.37. The second-order valence-electron chi connectivity index (χ2n) is 5.22. The highest BCUT2D eigenvalue weighted by Crippen LogP contribution is 2.22. The van der Waals surface area contributed by atoms with E-state index in [0.29, 0.717) is 12.3 Å². The second kappa shape index (κ2) is 8.46. The van der Waals surface area contributed by atoms with Crippen LogP contribution in [0.25, 0.3) is 0 Å². The molecular formula is C14H23ClN2OS. The van der Waals surface area contributed by atoms with Gasteiger partial charge in [0.15, 0.2) is 0 Å². The van der Waals surface area contributed by atoms with Gasteiger partial charge in [0, 0.05) is 17.3 Å². The molecule has 0 aliphatic heterocycles. The number of hydrogen-bond acceptors (Lipinski definition) is 3. The molecule has 0 aliphatic rings. The fourth-order valence-corrected chi connectivity index (χ4v) is 2.04. The minimum Gasteiger partial charge on any atom is -0.353 e. The molecule has 0 heterocycles. The molecule has 1 aromatic rings. The van der Waals surface area contributed by atoms with E-state index in [0.717, 1.165) is 5.56 Å². The molecular weight excluding hydrogens is 280 g/mol. The predicted octanol–water partition coefficient (Wildman–Crippen LogP) is 2.76. The first-order valence-corrected chi connectivity index (χ1v) is 7.08. The Morgan fingerprint density at radius 1 is 1.32 bits per heavy atom. The van der Waals surface area contributed by atoms with Crippen LogP contribution >= 0.6 is 24.2 Å². The summed E-state index contributed by atoms with van der Waals surface area (Å²) in [5.41, 5.74) is 7.05. The van der Waals surface area contributed by atoms with Crippen LogP contribution in [0.15, 0.2) is 30.3 Å². The number of nitrogens with two attached hydrogens (primary N) is 1. The van der Waals surface area contributed by atoms with Crippen molar-refractivity contribution >= 4 is 30.1 Å². The van der Waals surface area contributed by atoms with Crippen molar-refractivity contribution in [2.75, 3.05) is 12.3 Å². The topological polar surface area (TPSA) is 55.1 Å². The third-order valence-electron chi connectivity index (χ3n) is 2.38.